The Morgan fingerprint density at radius 1 is 1.23 bits per heavy atom. The second-order valence-electron chi connectivity index (χ2n) is 5.56. The lowest BCUT2D eigenvalue weighted by Gasteiger charge is -2.09. The Morgan fingerprint density at radius 3 is 2.38 bits per heavy atom. The number of carbonyl (C=O) groups is 2. The lowest BCUT2D eigenvalue weighted by molar-refractivity contribution is 0.0526. The number of nitrogens with zero attached hydrogens (tertiary/aromatic N) is 2. The standard InChI is InChI=1S/C16H20N4O5S/c1-5-25-16(22)13-10(2)18-20(3)14(13)17-15(21)11-6-8-12(9-7-11)19-26(4,23)24/h6-9,19H,5H2,1-4H3,(H,17,21). The zero-order valence-corrected chi connectivity index (χ0v) is 15.7. The van der Waals surface area contributed by atoms with Crippen LogP contribution in [-0.2, 0) is 21.8 Å². The maximum Gasteiger partial charge on any atom is 0.343 e. The van der Waals surface area contributed by atoms with Gasteiger partial charge in [0, 0.05) is 18.3 Å². The summed E-state index contributed by atoms with van der Waals surface area (Å²) in [4.78, 5) is 24.6. The Morgan fingerprint density at radius 2 is 1.85 bits per heavy atom. The summed E-state index contributed by atoms with van der Waals surface area (Å²) in [5, 5.41) is 6.78. The summed E-state index contributed by atoms with van der Waals surface area (Å²) in [5.74, 6) is -0.810. The van der Waals surface area contributed by atoms with Crippen molar-refractivity contribution in [1.29, 1.82) is 0 Å². The highest BCUT2D eigenvalue weighted by atomic mass is 32.2. The van der Waals surface area contributed by atoms with Crippen molar-refractivity contribution in [2.75, 3.05) is 22.9 Å². The van der Waals surface area contributed by atoms with Crippen LogP contribution in [0, 0.1) is 6.92 Å². The van der Waals surface area contributed by atoms with Gasteiger partial charge >= 0.3 is 5.97 Å². The first-order valence-corrected chi connectivity index (χ1v) is 9.61. The number of esters is 1. The molecule has 1 heterocycles. The largest absolute Gasteiger partial charge is 0.462 e. The van der Waals surface area contributed by atoms with E-state index >= 15 is 0 Å². The summed E-state index contributed by atoms with van der Waals surface area (Å²) in [7, 11) is -1.79. The lowest BCUT2D eigenvalue weighted by atomic mass is 10.2. The minimum absolute atomic E-state index is 0.193. The first kappa shape index (κ1) is 19.4. The molecule has 0 aliphatic heterocycles. The molecule has 1 amide bonds. The van der Waals surface area contributed by atoms with E-state index in [4.69, 9.17) is 4.74 Å². The van der Waals surface area contributed by atoms with Crippen molar-refractivity contribution >= 4 is 33.4 Å². The number of ether oxygens (including phenoxy) is 1. The fourth-order valence-corrected chi connectivity index (χ4v) is 2.90. The third-order valence-corrected chi connectivity index (χ3v) is 3.99. The quantitative estimate of drug-likeness (QED) is 0.734. The fourth-order valence-electron chi connectivity index (χ4n) is 2.33. The van der Waals surface area contributed by atoms with Gasteiger partial charge in [0.1, 0.15) is 11.4 Å². The van der Waals surface area contributed by atoms with E-state index in [-0.39, 0.29) is 23.6 Å². The third kappa shape index (κ3) is 4.60. The molecule has 0 saturated carbocycles. The third-order valence-electron chi connectivity index (χ3n) is 3.38. The molecule has 0 atom stereocenters. The van der Waals surface area contributed by atoms with Gasteiger partial charge in [0.05, 0.1) is 18.6 Å². The van der Waals surface area contributed by atoms with Gasteiger partial charge < -0.3 is 10.1 Å². The molecule has 26 heavy (non-hydrogen) atoms. The first-order chi connectivity index (χ1) is 12.1. The van der Waals surface area contributed by atoms with E-state index in [1.807, 2.05) is 0 Å². The predicted octanol–water partition coefficient (Wildman–Crippen LogP) is 1.53. The number of amides is 1. The van der Waals surface area contributed by atoms with Gasteiger partial charge in [0.2, 0.25) is 10.0 Å². The monoisotopic (exact) mass is 380 g/mol. The van der Waals surface area contributed by atoms with Crippen LogP contribution < -0.4 is 10.0 Å². The van der Waals surface area contributed by atoms with Gasteiger partial charge in [-0.3, -0.25) is 14.2 Å². The second kappa shape index (κ2) is 7.56. The van der Waals surface area contributed by atoms with Crippen LogP contribution in [0.3, 0.4) is 0 Å². The van der Waals surface area contributed by atoms with Crippen LogP contribution in [0.25, 0.3) is 0 Å². The number of benzene rings is 1. The molecule has 10 heteroatoms. The molecule has 2 aromatic rings. The van der Waals surface area contributed by atoms with Gasteiger partial charge in [-0.1, -0.05) is 0 Å². The maximum atomic E-state index is 12.5. The molecule has 0 spiro atoms. The molecule has 0 bridgehead atoms. The van der Waals surface area contributed by atoms with Crippen LogP contribution in [-0.4, -0.2) is 42.9 Å². The van der Waals surface area contributed by atoms with Crippen molar-refractivity contribution < 1.29 is 22.7 Å². The maximum absolute atomic E-state index is 12.5. The molecule has 1 aromatic heterocycles. The summed E-state index contributed by atoms with van der Waals surface area (Å²) < 4.78 is 31.1. The topological polar surface area (TPSA) is 119 Å². The molecule has 0 saturated heterocycles. The Labute approximate surface area is 151 Å². The summed E-state index contributed by atoms with van der Waals surface area (Å²) in [6.45, 7) is 3.54. The normalized spacial score (nSPS) is 11.1. The van der Waals surface area contributed by atoms with E-state index in [0.717, 1.165) is 6.26 Å². The van der Waals surface area contributed by atoms with Gasteiger partial charge in [-0.05, 0) is 38.1 Å². The fraction of sp³-hybridized carbons (Fsp3) is 0.312. The van der Waals surface area contributed by atoms with Crippen LogP contribution >= 0.6 is 0 Å². The van der Waals surface area contributed by atoms with E-state index in [2.05, 4.69) is 15.1 Å². The lowest BCUT2D eigenvalue weighted by Crippen LogP contribution is -2.18. The van der Waals surface area contributed by atoms with Gasteiger partial charge in [-0.15, -0.1) is 0 Å². The molecule has 1 aromatic carbocycles. The summed E-state index contributed by atoms with van der Waals surface area (Å²) in [6, 6.07) is 5.87. The Hall–Kier alpha value is -2.88. The molecule has 0 radical (unpaired) electrons. The number of nitrogens with one attached hydrogen (secondary N) is 2. The molecule has 2 N–H and O–H groups in total. The highest BCUT2D eigenvalue weighted by Gasteiger charge is 2.23. The number of aromatic nitrogens is 2. The van der Waals surface area contributed by atoms with Crippen LogP contribution in [0.15, 0.2) is 24.3 Å². The summed E-state index contributed by atoms with van der Waals surface area (Å²) in [6.07, 6.45) is 1.04. The molecular formula is C16H20N4O5S. The molecule has 9 nitrogen and oxygen atoms in total. The first-order valence-electron chi connectivity index (χ1n) is 7.72. The van der Waals surface area contributed by atoms with E-state index in [9.17, 15) is 18.0 Å². The molecule has 0 aliphatic carbocycles. The molecule has 0 aliphatic rings. The number of carbonyl (C=O) groups excluding carboxylic acids is 2. The minimum Gasteiger partial charge on any atom is -0.462 e. The smallest absolute Gasteiger partial charge is 0.343 e. The average molecular weight is 380 g/mol. The van der Waals surface area contributed by atoms with E-state index in [0.29, 0.717) is 11.4 Å². The van der Waals surface area contributed by atoms with Crippen molar-refractivity contribution in [3.8, 4) is 0 Å². The highest BCUT2D eigenvalue weighted by Crippen LogP contribution is 2.21. The van der Waals surface area contributed by atoms with Crippen molar-refractivity contribution in [1.82, 2.24) is 9.78 Å². The van der Waals surface area contributed by atoms with Gasteiger partial charge in [-0.25, -0.2) is 13.2 Å². The number of aryl methyl sites for hydroxylation is 2. The molecule has 0 unspecified atom stereocenters. The van der Waals surface area contributed by atoms with Crippen molar-refractivity contribution in [3.05, 3.63) is 41.1 Å². The summed E-state index contributed by atoms with van der Waals surface area (Å²) >= 11 is 0. The summed E-state index contributed by atoms with van der Waals surface area (Å²) in [5.41, 5.74) is 1.26. The molecule has 140 valence electrons. The number of anilines is 2. The average Bonchev–Trinajstić information content (AvgIpc) is 2.80. The number of hydrogen-bond donors (Lipinski definition) is 2. The van der Waals surface area contributed by atoms with Gasteiger partial charge in [-0.2, -0.15) is 5.10 Å². The molecular weight excluding hydrogens is 360 g/mol. The van der Waals surface area contributed by atoms with E-state index < -0.39 is 21.9 Å². The SMILES string of the molecule is CCOC(=O)c1c(C)nn(C)c1NC(=O)c1ccc(NS(C)(=O)=O)cc1. The minimum atomic E-state index is -3.40. The van der Waals surface area contributed by atoms with Crippen LogP contribution in [0.2, 0.25) is 0 Å². The Kier molecular flexibility index (Phi) is 5.66. The van der Waals surface area contributed by atoms with Crippen molar-refractivity contribution in [3.63, 3.8) is 0 Å². The van der Waals surface area contributed by atoms with E-state index in [1.54, 1.807) is 20.9 Å². The molecule has 2 rings (SSSR count). The zero-order valence-electron chi connectivity index (χ0n) is 14.9. The van der Waals surface area contributed by atoms with Crippen LogP contribution in [0.1, 0.15) is 33.3 Å². The predicted molar refractivity (Wildman–Crippen MR) is 96.8 cm³/mol. The second-order valence-corrected chi connectivity index (χ2v) is 7.31. The zero-order chi connectivity index (χ0) is 19.5. The van der Waals surface area contributed by atoms with Crippen molar-refractivity contribution in [2.45, 2.75) is 13.8 Å². The van der Waals surface area contributed by atoms with E-state index in [1.165, 1.54) is 28.9 Å². The highest BCUT2D eigenvalue weighted by molar-refractivity contribution is 7.92. The van der Waals surface area contributed by atoms with Gasteiger partial charge in [0.25, 0.3) is 5.91 Å². The Balaban J connectivity index is 2.24. The van der Waals surface area contributed by atoms with Crippen molar-refractivity contribution in [2.24, 2.45) is 7.05 Å². The number of hydrogen-bond acceptors (Lipinski definition) is 6. The number of sulfonamides is 1. The van der Waals surface area contributed by atoms with Crippen LogP contribution in [0.5, 0.6) is 0 Å². The Bertz CT molecular complexity index is 932. The number of rotatable bonds is 6. The van der Waals surface area contributed by atoms with Crippen LogP contribution in [0.4, 0.5) is 11.5 Å². The van der Waals surface area contributed by atoms with Gasteiger partial charge in [0.15, 0.2) is 0 Å². The molecule has 0 fully saturated rings.